The summed E-state index contributed by atoms with van der Waals surface area (Å²) in [5.74, 6) is -0.803. The van der Waals surface area contributed by atoms with Gasteiger partial charge in [-0.15, -0.1) is 0 Å². The summed E-state index contributed by atoms with van der Waals surface area (Å²) in [5, 5.41) is 2.63. The molecule has 5 nitrogen and oxygen atoms in total. The molecule has 0 heterocycles. The molecule has 1 amide bonds. The van der Waals surface area contributed by atoms with Gasteiger partial charge in [0.1, 0.15) is 0 Å². The van der Waals surface area contributed by atoms with Crippen molar-refractivity contribution in [3.63, 3.8) is 0 Å². The molecule has 0 bridgehead atoms. The SMILES string of the molecule is COCCOCCNC(=O)c1ccc(OC)c(F)c1. The molecule has 19 heavy (non-hydrogen) atoms. The van der Waals surface area contributed by atoms with E-state index in [1.54, 1.807) is 7.11 Å². The Balaban J connectivity index is 2.35. The zero-order valence-corrected chi connectivity index (χ0v) is 11.1. The predicted octanol–water partition coefficient (Wildman–Crippen LogP) is 1.23. The largest absolute Gasteiger partial charge is 0.494 e. The average molecular weight is 271 g/mol. The van der Waals surface area contributed by atoms with Crippen LogP contribution in [0.3, 0.4) is 0 Å². The van der Waals surface area contributed by atoms with E-state index in [0.717, 1.165) is 6.07 Å². The number of rotatable bonds is 8. The monoisotopic (exact) mass is 271 g/mol. The quantitative estimate of drug-likeness (QED) is 0.722. The summed E-state index contributed by atoms with van der Waals surface area (Å²) in [5.41, 5.74) is 0.246. The van der Waals surface area contributed by atoms with Crippen molar-refractivity contribution in [2.45, 2.75) is 0 Å². The van der Waals surface area contributed by atoms with E-state index in [1.165, 1.54) is 19.2 Å². The van der Waals surface area contributed by atoms with Crippen LogP contribution in [0.15, 0.2) is 18.2 Å². The third-order valence-corrected chi connectivity index (χ3v) is 2.38. The number of ether oxygens (including phenoxy) is 3. The topological polar surface area (TPSA) is 56.8 Å². The lowest BCUT2D eigenvalue weighted by atomic mass is 10.2. The number of halogens is 1. The van der Waals surface area contributed by atoms with Crippen molar-refractivity contribution < 1.29 is 23.4 Å². The zero-order valence-electron chi connectivity index (χ0n) is 11.1. The zero-order chi connectivity index (χ0) is 14.1. The van der Waals surface area contributed by atoms with Gasteiger partial charge in [0, 0.05) is 19.2 Å². The third kappa shape index (κ3) is 5.23. The van der Waals surface area contributed by atoms with Crippen LogP contribution in [-0.4, -0.2) is 46.5 Å². The summed E-state index contributed by atoms with van der Waals surface area (Å²) in [6.45, 7) is 1.73. The molecule has 0 aliphatic rings. The van der Waals surface area contributed by atoms with Gasteiger partial charge in [-0.1, -0.05) is 0 Å². The van der Waals surface area contributed by atoms with Crippen molar-refractivity contribution in [2.75, 3.05) is 40.6 Å². The lowest BCUT2D eigenvalue weighted by molar-refractivity contribution is 0.0692. The fourth-order valence-electron chi connectivity index (χ4n) is 1.39. The van der Waals surface area contributed by atoms with Gasteiger partial charge in [0.05, 0.1) is 26.9 Å². The smallest absolute Gasteiger partial charge is 0.251 e. The first-order valence-electron chi connectivity index (χ1n) is 5.87. The van der Waals surface area contributed by atoms with E-state index in [4.69, 9.17) is 14.2 Å². The van der Waals surface area contributed by atoms with E-state index in [-0.39, 0.29) is 17.2 Å². The fraction of sp³-hybridized carbons (Fsp3) is 0.462. The van der Waals surface area contributed by atoms with Crippen molar-refractivity contribution in [2.24, 2.45) is 0 Å². The highest BCUT2D eigenvalue weighted by Crippen LogP contribution is 2.17. The summed E-state index contributed by atoms with van der Waals surface area (Å²) in [6.07, 6.45) is 0. The van der Waals surface area contributed by atoms with E-state index in [9.17, 15) is 9.18 Å². The molecular weight excluding hydrogens is 253 g/mol. The first kappa shape index (κ1) is 15.4. The third-order valence-electron chi connectivity index (χ3n) is 2.38. The van der Waals surface area contributed by atoms with E-state index in [0.29, 0.717) is 26.4 Å². The van der Waals surface area contributed by atoms with Crippen LogP contribution in [0.4, 0.5) is 4.39 Å². The molecule has 6 heteroatoms. The number of amides is 1. The molecule has 0 aromatic heterocycles. The molecule has 106 valence electrons. The van der Waals surface area contributed by atoms with Crippen LogP contribution >= 0.6 is 0 Å². The van der Waals surface area contributed by atoms with E-state index < -0.39 is 5.82 Å². The maximum Gasteiger partial charge on any atom is 0.251 e. The Hall–Kier alpha value is -1.66. The minimum Gasteiger partial charge on any atom is -0.494 e. The summed E-state index contributed by atoms with van der Waals surface area (Å²) >= 11 is 0. The minimum atomic E-state index is -0.563. The normalized spacial score (nSPS) is 10.3. The number of hydrogen-bond donors (Lipinski definition) is 1. The molecule has 1 aromatic rings. The molecule has 0 aliphatic carbocycles. The van der Waals surface area contributed by atoms with Gasteiger partial charge in [0.2, 0.25) is 0 Å². The van der Waals surface area contributed by atoms with Crippen LogP contribution in [0.5, 0.6) is 5.75 Å². The van der Waals surface area contributed by atoms with Crippen molar-refractivity contribution in [3.8, 4) is 5.75 Å². The van der Waals surface area contributed by atoms with E-state index in [2.05, 4.69) is 5.32 Å². The van der Waals surface area contributed by atoms with Gasteiger partial charge in [-0.2, -0.15) is 0 Å². The van der Waals surface area contributed by atoms with Crippen LogP contribution in [0, 0.1) is 5.82 Å². The van der Waals surface area contributed by atoms with Gasteiger partial charge in [-0.25, -0.2) is 4.39 Å². The van der Waals surface area contributed by atoms with Crippen molar-refractivity contribution in [3.05, 3.63) is 29.6 Å². The van der Waals surface area contributed by atoms with Crippen LogP contribution in [-0.2, 0) is 9.47 Å². The van der Waals surface area contributed by atoms with Gasteiger partial charge < -0.3 is 19.5 Å². The van der Waals surface area contributed by atoms with Crippen LogP contribution in [0.25, 0.3) is 0 Å². The van der Waals surface area contributed by atoms with Crippen LogP contribution in [0.2, 0.25) is 0 Å². The maximum atomic E-state index is 13.4. The molecule has 0 unspecified atom stereocenters. The molecule has 0 aliphatic heterocycles. The van der Waals surface area contributed by atoms with Gasteiger partial charge in [-0.3, -0.25) is 4.79 Å². The maximum absolute atomic E-state index is 13.4. The Bertz CT molecular complexity index is 412. The molecule has 0 fully saturated rings. The number of methoxy groups -OCH3 is 2. The van der Waals surface area contributed by atoms with Gasteiger partial charge in [0.25, 0.3) is 5.91 Å². The minimum absolute atomic E-state index is 0.111. The molecular formula is C13H18FNO4. The number of nitrogens with one attached hydrogen (secondary N) is 1. The van der Waals surface area contributed by atoms with Gasteiger partial charge >= 0.3 is 0 Å². The fourth-order valence-corrected chi connectivity index (χ4v) is 1.39. The highest BCUT2D eigenvalue weighted by molar-refractivity contribution is 5.94. The van der Waals surface area contributed by atoms with Crippen molar-refractivity contribution >= 4 is 5.91 Å². The van der Waals surface area contributed by atoms with Crippen LogP contribution < -0.4 is 10.1 Å². The Labute approximate surface area is 111 Å². The van der Waals surface area contributed by atoms with E-state index in [1.807, 2.05) is 0 Å². The molecule has 0 spiro atoms. The summed E-state index contributed by atoms with van der Waals surface area (Å²) in [6, 6.07) is 4.06. The second-order valence-corrected chi connectivity index (χ2v) is 3.71. The summed E-state index contributed by atoms with van der Waals surface area (Å²) < 4.78 is 28.2. The molecule has 0 radical (unpaired) electrons. The number of hydrogen-bond acceptors (Lipinski definition) is 4. The second kappa shape index (κ2) is 8.44. The Morgan fingerprint density at radius 3 is 2.68 bits per heavy atom. The molecule has 1 N–H and O–H groups in total. The molecule has 0 saturated carbocycles. The van der Waals surface area contributed by atoms with Crippen molar-refractivity contribution in [1.29, 1.82) is 0 Å². The Kier molecular flexibility index (Phi) is 6.84. The predicted molar refractivity (Wildman–Crippen MR) is 68.0 cm³/mol. The number of carbonyl (C=O) groups is 1. The molecule has 1 rings (SSSR count). The Morgan fingerprint density at radius 2 is 2.05 bits per heavy atom. The first-order chi connectivity index (χ1) is 9.19. The average Bonchev–Trinajstić information content (AvgIpc) is 2.42. The Morgan fingerprint density at radius 1 is 1.26 bits per heavy atom. The number of carbonyl (C=O) groups excluding carboxylic acids is 1. The summed E-state index contributed by atoms with van der Waals surface area (Å²) in [4.78, 5) is 11.7. The second-order valence-electron chi connectivity index (χ2n) is 3.71. The standard InChI is InChI=1S/C13H18FNO4/c1-17-7-8-19-6-5-15-13(16)10-3-4-12(18-2)11(14)9-10/h3-4,9H,5-8H2,1-2H3,(H,15,16). The summed E-state index contributed by atoms with van der Waals surface area (Å²) in [7, 11) is 2.96. The highest BCUT2D eigenvalue weighted by atomic mass is 19.1. The molecule has 1 aromatic carbocycles. The first-order valence-corrected chi connectivity index (χ1v) is 5.87. The van der Waals surface area contributed by atoms with Gasteiger partial charge in [-0.05, 0) is 18.2 Å². The van der Waals surface area contributed by atoms with Crippen LogP contribution in [0.1, 0.15) is 10.4 Å². The van der Waals surface area contributed by atoms with Crippen molar-refractivity contribution in [1.82, 2.24) is 5.32 Å². The molecule has 0 saturated heterocycles. The highest BCUT2D eigenvalue weighted by Gasteiger charge is 2.09. The van der Waals surface area contributed by atoms with Gasteiger partial charge in [0.15, 0.2) is 11.6 Å². The molecule has 0 atom stereocenters. The lowest BCUT2D eigenvalue weighted by Crippen LogP contribution is -2.27. The van der Waals surface area contributed by atoms with E-state index >= 15 is 0 Å². The number of benzene rings is 1. The lowest BCUT2D eigenvalue weighted by Gasteiger charge is -2.07.